The van der Waals surface area contributed by atoms with Crippen LogP contribution in [-0.2, 0) is 26.7 Å². The summed E-state index contributed by atoms with van der Waals surface area (Å²) < 4.78 is 4.47. The Morgan fingerprint density at radius 3 is 2.59 bits per heavy atom. The van der Waals surface area contributed by atoms with Gasteiger partial charge < -0.3 is 9.88 Å². The monoisotopic (exact) mass is 549 g/mol. The van der Waals surface area contributed by atoms with E-state index in [1.54, 1.807) is 13.1 Å². The van der Waals surface area contributed by atoms with Gasteiger partial charge in [-0.15, -0.1) is 0 Å². The molecule has 5 aromatic rings. The van der Waals surface area contributed by atoms with Crippen molar-refractivity contribution in [3.05, 3.63) is 97.8 Å². The van der Waals surface area contributed by atoms with Crippen LogP contribution in [0.2, 0.25) is 0 Å². The highest BCUT2D eigenvalue weighted by atomic mass is 16.2. The average molecular weight is 550 g/mol. The maximum Gasteiger partial charge on any atom is 0.332 e. The second kappa shape index (κ2) is 11.1. The number of fused-ring (bicyclic) bond motifs is 2. The van der Waals surface area contributed by atoms with Gasteiger partial charge in [0.15, 0.2) is 11.2 Å². The molecule has 41 heavy (non-hydrogen) atoms. The van der Waals surface area contributed by atoms with E-state index in [1.165, 1.54) is 9.13 Å². The van der Waals surface area contributed by atoms with Gasteiger partial charge in [-0.25, -0.2) is 19.7 Å². The van der Waals surface area contributed by atoms with E-state index in [4.69, 9.17) is 4.98 Å². The molecule has 0 unspecified atom stereocenters. The van der Waals surface area contributed by atoms with Gasteiger partial charge in [0.2, 0.25) is 0 Å². The number of hydrogen-bond donors (Lipinski definition) is 1. The summed E-state index contributed by atoms with van der Waals surface area (Å²) in [6, 6.07) is 17.3. The van der Waals surface area contributed by atoms with Crippen LogP contribution >= 0.6 is 0 Å². The highest BCUT2D eigenvalue weighted by Gasteiger charge is 2.23. The topological polar surface area (TPSA) is 127 Å². The molecule has 2 aromatic carbocycles. The lowest BCUT2D eigenvalue weighted by Gasteiger charge is -2.20. The fourth-order valence-corrected chi connectivity index (χ4v) is 5.55. The number of nitrogens with zero attached hydrogens (tertiary/aromatic N) is 8. The van der Waals surface area contributed by atoms with E-state index in [2.05, 4.69) is 26.3 Å². The number of rotatable bonds is 6. The van der Waals surface area contributed by atoms with Crippen molar-refractivity contribution in [1.29, 1.82) is 5.26 Å². The van der Waals surface area contributed by atoms with Crippen LogP contribution < -0.4 is 16.6 Å². The summed E-state index contributed by atoms with van der Waals surface area (Å²) in [6.07, 6.45) is 1.01. The normalized spacial score (nSPS) is 14.4. The van der Waals surface area contributed by atoms with Crippen molar-refractivity contribution in [3.8, 4) is 6.07 Å². The van der Waals surface area contributed by atoms with Crippen LogP contribution in [0.3, 0.4) is 0 Å². The molecule has 1 fully saturated rings. The van der Waals surface area contributed by atoms with Gasteiger partial charge in [0.1, 0.15) is 11.6 Å². The predicted octanol–water partition coefficient (Wildman–Crippen LogP) is 1.91. The summed E-state index contributed by atoms with van der Waals surface area (Å²) in [7, 11) is 1.63. The summed E-state index contributed by atoms with van der Waals surface area (Å²) in [5, 5.41) is 14.1. The van der Waals surface area contributed by atoms with Gasteiger partial charge in [0.05, 0.1) is 36.8 Å². The molecule has 0 amide bonds. The largest absolute Gasteiger partial charge is 0.332 e. The second-order valence-electron chi connectivity index (χ2n) is 10.4. The van der Waals surface area contributed by atoms with Crippen LogP contribution in [0.4, 0.5) is 0 Å². The Kier molecular flexibility index (Phi) is 7.17. The summed E-state index contributed by atoms with van der Waals surface area (Å²) >= 11 is 0. The summed E-state index contributed by atoms with van der Waals surface area (Å²) in [5.74, 6) is 1.07. The van der Waals surface area contributed by atoms with Crippen LogP contribution in [0.1, 0.15) is 34.9 Å². The van der Waals surface area contributed by atoms with E-state index < -0.39 is 11.2 Å². The molecule has 0 bridgehead atoms. The van der Waals surface area contributed by atoms with Crippen LogP contribution in [0, 0.1) is 18.3 Å². The molecule has 0 spiro atoms. The molecule has 0 saturated carbocycles. The Morgan fingerprint density at radius 2 is 1.73 bits per heavy atom. The number of nitrogens with one attached hydrogen (secondary N) is 1. The van der Waals surface area contributed by atoms with Gasteiger partial charge in [0.25, 0.3) is 5.56 Å². The van der Waals surface area contributed by atoms with Gasteiger partial charge in [-0.2, -0.15) is 5.26 Å². The van der Waals surface area contributed by atoms with Crippen molar-refractivity contribution in [2.75, 3.05) is 26.2 Å². The first-order chi connectivity index (χ1) is 19.9. The van der Waals surface area contributed by atoms with Crippen LogP contribution in [0.15, 0.2) is 58.1 Å². The molecule has 6 rings (SSSR count). The second-order valence-corrected chi connectivity index (χ2v) is 10.4. The van der Waals surface area contributed by atoms with Crippen molar-refractivity contribution < 1.29 is 0 Å². The Balaban J connectivity index is 1.51. The highest BCUT2D eigenvalue weighted by Crippen LogP contribution is 2.19. The van der Waals surface area contributed by atoms with Crippen LogP contribution in [-0.4, -0.2) is 59.7 Å². The summed E-state index contributed by atoms with van der Waals surface area (Å²) in [6.45, 7) is 6.19. The number of nitriles is 1. The third kappa shape index (κ3) is 5.03. The van der Waals surface area contributed by atoms with Gasteiger partial charge >= 0.3 is 5.69 Å². The molecule has 1 saturated heterocycles. The summed E-state index contributed by atoms with van der Waals surface area (Å²) in [5.41, 5.74) is 2.56. The van der Waals surface area contributed by atoms with E-state index in [1.807, 2.05) is 54.0 Å². The van der Waals surface area contributed by atoms with Gasteiger partial charge in [0, 0.05) is 31.2 Å². The molecule has 0 atom stereocenters. The third-order valence-electron chi connectivity index (χ3n) is 7.72. The molecule has 11 nitrogen and oxygen atoms in total. The molecule has 11 heteroatoms. The average Bonchev–Trinajstić information content (AvgIpc) is 3.13. The van der Waals surface area contributed by atoms with Crippen molar-refractivity contribution in [2.45, 2.75) is 33.0 Å². The molecular formula is C30H31N9O2. The number of imidazole rings is 1. The lowest BCUT2D eigenvalue weighted by molar-refractivity contribution is 0.274. The van der Waals surface area contributed by atoms with E-state index in [0.717, 1.165) is 54.8 Å². The maximum atomic E-state index is 14.1. The zero-order valence-corrected chi connectivity index (χ0v) is 23.2. The Hall–Kier alpha value is -4.66. The first kappa shape index (κ1) is 26.6. The zero-order chi connectivity index (χ0) is 28.5. The number of benzene rings is 2. The fourth-order valence-electron chi connectivity index (χ4n) is 5.55. The number of para-hydroxylation sites is 1. The molecule has 1 aliphatic heterocycles. The predicted molar refractivity (Wildman–Crippen MR) is 156 cm³/mol. The minimum Gasteiger partial charge on any atom is -0.316 e. The smallest absolute Gasteiger partial charge is 0.316 e. The first-order valence-corrected chi connectivity index (χ1v) is 13.8. The first-order valence-electron chi connectivity index (χ1n) is 13.8. The van der Waals surface area contributed by atoms with Gasteiger partial charge in [-0.05, 0) is 44.1 Å². The van der Waals surface area contributed by atoms with Crippen LogP contribution in [0.25, 0.3) is 22.1 Å². The van der Waals surface area contributed by atoms with E-state index in [-0.39, 0.29) is 13.1 Å². The van der Waals surface area contributed by atoms with E-state index in [0.29, 0.717) is 34.9 Å². The molecule has 1 aliphatic rings. The quantitative estimate of drug-likeness (QED) is 0.340. The third-order valence-corrected chi connectivity index (χ3v) is 7.72. The molecule has 3 aromatic heterocycles. The van der Waals surface area contributed by atoms with Crippen molar-refractivity contribution in [3.63, 3.8) is 0 Å². The molecule has 1 N–H and O–H groups in total. The molecular weight excluding hydrogens is 518 g/mol. The standard InChI is InChI=1S/C30H31N9O2/c1-20-23-10-5-6-11-24(23)34-25(33-20)18-39-29(40)27-28(36(2)30(39)41)35-26(19-37-14-7-12-32-13-15-37)38(27)17-22-9-4-3-8-21(22)16-31/h3-6,8-11,32H,7,12-15,17-19H2,1-2H3. The highest BCUT2D eigenvalue weighted by molar-refractivity contribution is 5.80. The van der Waals surface area contributed by atoms with E-state index in [9.17, 15) is 14.9 Å². The van der Waals surface area contributed by atoms with Crippen molar-refractivity contribution in [2.24, 2.45) is 7.05 Å². The summed E-state index contributed by atoms with van der Waals surface area (Å²) in [4.78, 5) is 44.0. The molecule has 4 heterocycles. The van der Waals surface area contributed by atoms with Crippen molar-refractivity contribution >= 4 is 22.1 Å². The maximum absolute atomic E-state index is 14.1. The number of aromatic nitrogens is 6. The number of aryl methyl sites for hydroxylation is 2. The lowest BCUT2D eigenvalue weighted by atomic mass is 10.1. The Bertz CT molecular complexity index is 1920. The van der Waals surface area contributed by atoms with Gasteiger partial charge in [-0.1, -0.05) is 36.4 Å². The SMILES string of the molecule is Cc1nc(Cn2c(=O)c3c(nc(CN4CCCNCC4)n3Cc3ccccc3C#N)n(C)c2=O)nc2ccccc12. The van der Waals surface area contributed by atoms with E-state index >= 15 is 0 Å². The Morgan fingerprint density at radius 1 is 0.927 bits per heavy atom. The molecule has 0 aliphatic carbocycles. The molecule has 0 radical (unpaired) electrons. The van der Waals surface area contributed by atoms with Crippen LogP contribution in [0.5, 0.6) is 0 Å². The zero-order valence-electron chi connectivity index (χ0n) is 23.2. The molecule has 208 valence electrons. The van der Waals surface area contributed by atoms with Crippen molar-refractivity contribution in [1.82, 2.24) is 38.9 Å². The van der Waals surface area contributed by atoms with Gasteiger partial charge in [-0.3, -0.25) is 18.8 Å². The number of hydrogen-bond acceptors (Lipinski definition) is 8. The Labute approximate surface area is 236 Å². The minimum absolute atomic E-state index is 0.0692. The minimum atomic E-state index is -0.482. The lowest BCUT2D eigenvalue weighted by Crippen LogP contribution is -2.40. The fraction of sp³-hybridized carbons (Fsp3) is 0.333.